The lowest BCUT2D eigenvalue weighted by atomic mass is 10.1. The number of benzene rings is 1. The molecule has 0 saturated heterocycles. The van der Waals surface area contributed by atoms with Crippen LogP contribution in [0.3, 0.4) is 0 Å². The number of carbonyl (C=O) groups excluding carboxylic acids is 1. The summed E-state index contributed by atoms with van der Waals surface area (Å²) in [6, 6.07) is 9.05. The van der Waals surface area contributed by atoms with Gasteiger partial charge in [0.15, 0.2) is 0 Å². The maximum Gasteiger partial charge on any atom is 0.236 e. The number of amides is 1. The van der Waals surface area contributed by atoms with E-state index in [1.165, 1.54) is 0 Å². The summed E-state index contributed by atoms with van der Waals surface area (Å²) >= 11 is 5.36. The zero-order valence-corrected chi connectivity index (χ0v) is 7.79. The number of halogens is 1. The van der Waals surface area contributed by atoms with Gasteiger partial charge in [0, 0.05) is 0 Å². The van der Waals surface area contributed by atoms with Crippen molar-refractivity contribution in [3.05, 3.63) is 35.9 Å². The highest BCUT2D eigenvalue weighted by Gasteiger charge is 2.13. The highest BCUT2D eigenvalue weighted by atomic mass is 35.5. The summed E-state index contributed by atoms with van der Waals surface area (Å²) in [5.41, 5.74) is 6.14. The molecule has 0 aliphatic heterocycles. The molecule has 1 aromatic carbocycles. The number of nitrogens with two attached hydrogens (primary N) is 1. The fourth-order valence-corrected chi connectivity index (χ4v) is 1.23. The van der Waals surface area contributed by atoms with Gasteiger partial charge in [-0.05, 0) is 23.8 Å². The van der Waals surface area contributed by atoms with E-state index in [9.17, 15) is 4.79 Å². The molecular weight excluding hydrogens is 188 g/mol. The molecule has 0 unspecified atom stereocenters. The normalized spacial score (nSPS) is 12.4. The first-order chi connectivity index (χ1) is 6.24. The Kier molecular flexibility index (Phi) is 3.73. The van der Waals surface area contributed by atoms with Crippen molar-refractivity contribution in [2.45, 2.75) is 12.5 Å². The summed E-state index contributed by atoms with van der Waals surface area (Å²) in [4.78, 5) is 13.2. The summed E-state index contributed by atoms with van der Waals surface area (Å²) < 4.78 is 0. The molecule has 13 heavy (non-hydrogen) atoms. The Bertz CT molecular complexity index is 276. The third kappa shape index (κ3) is 3.05. The minimum absolute atomic E-state index is 0.446. The van der Waals surface area contributed by atoms with Crippen LogP contribution in [0.4, 0.5) is 0 Å². The Morgan fingerprint density at radius 1 is 1.46 bits per heavy atom. The van der Waals surface area contributed by atoms with Crippen molar-refractivity contribution < 1.29 is 4.79 Å². The summed E-state index contributed by atoms with van der Waals surface area (Å²) in [7, 11) is 0. The van der Waals surface area contributed by atoms with Gasteiger partial charge in [-0.1, -0.05) is 30.3 Å². The van der Waals surface area contributed by atoms with Gasteiger partial charge in [-0.15, -0.1) is 0 Å². The Labute approximate surface area is 82.0 Å². The molecule has 4 heteroatoms. The number of primary amides is 1. The number of rotatable bonds is 4. The highest BCUT2D eigenvalue weighted by Crippen LogP contribution is 2.03. The SMILES string of the molecule is NC(=O)[C@H](Cc1ccccc1)NCl. The lowest BCUT2D eigenvalue weighted by Gasteiger charge is -2.09. The van der Waals surface area contributed by atoms with Gasteiger partial charge in [-0.25, -0.2) is 4.84 Å². The van der Waals surface area contributed by atoms with Gasteiger partial charge in [-0.2, -0.15) is 0 Å². The number of carbonyl (C=O) groups is 1. The predicted molar refractivity (Wildman–Crippen MR) is 52.1 cm³/mol. The molecule has 0 heterocycles. The second kappa shape index (κ2) is 4.84. The Hall–Kier alpha value is -1.06. The van der Waals surface area contributed by atoms with E-state index in [4.69, 9.17) is 17.5 Å². The molecule has 1 rings (SSSR count). The molecule has 1 atom stereocenters. The topological polar surface area (TPSA) is 55.1 Å². The van der Waals surface area contributed by atoms with E-state index in [2.05, 4.69) is 4.84 Å². The molecule has 0 bridgehead atoms. The smallest absolute Gasteiger partial charge is 0.236 e. The largest absolute Gasteiger partial charge is 0.368 e. The number of hydrogen-bond donors (Lipinski definition) is 2. The van der Waals surface area contributed by atoms with Crippen molar-refractivity contribution in [2.24, 2.45) is 5.73 Å². The molecule has 1 amide bonds. The first kappa shape index (κ1) is 10.0. The minimum atomic E-state index is -0.510. The van der Waals surface area contributed by atoms with Crippen molar-refractivity contribution in [3.63, 3.8) is 0 Å². The molecule has 3 N–H and O–H groups in total. The van der Waals surface area contributed by atoms with Crippen LogP contribution >= 0.6 is 11.8 Å². The van der Waals surface area contributed by atoms with Crippen LogP contribution in [0.1, 0.15) is 5.56 Å². The molecule has 3 nitrogen and oxygen atoms in total. The van der Waals surface area contributed by atoms with Crippen molar-refractivity contribution in [3.8, 4) is 0 Å². The second-order valence-corrected chi connectivity index (χ2v) is 2.97. The van der Waals surface area contributed by atoms with Crippen LogP contribution in [0.15, 0.2) is 30.3 Å². The van der Waals surface area contributed by atoms with Crippen molar-refractivity contribution in [1.82, 2.24) is 4.84 Å². The zero-order valence-electron chi connectivity index (χ0n) is 7.03. The molecule has 0 aliphatic carbocycles. The van der Waals surface area contributed by atoms with Crippen LogP contribution in [0, 0.1) is 0 Å². The predicted octanol–water partition coefficient (Wildman–Crippen LogP) is 0.826. The molecule has 0 radical (unpaired) electrons. The maximum absolute atomic E-state index is 10.8. The third-order valence-corrected chi connectivity index (χ3v) is 2.02. The average Bonchev–Trinajstić information content (AvgIpc) is 2.15. The molecule has 0 saturated carbocycles. The molecule has 0 spiro atoms. The summed E-state index contributed by atoms with van der Waals surface area (Å²) in [5.74, 6) is -0.446. The number of nitrogens with one attached hydrogen (secondary N) is 1. The molecule has 70 valence electrons. The summed E-state index contributed by atoms with van der Waals surface area (Å²) in [6.07, 6.45) is 0.514. The first-order valence-corrected chi connectivity index (χ1v) is 4.31. The maximum atomic E-state index is 10.8. The van der Waals surface area contributed by atoms with Crippen LogP contribution in [0.25, 0.3) is 0 Å². The second-order valence-electron chi connectivity index (χ2n) is 2.75. The Morgan fingerprint density at radius 2 is 2.08 bits per heavy atom. The molecule has 0 aromatic heterocycles. The monoisotopic (exact) mass is 198 g/mol. The molecule has 1 aromatic rings. The van der Waals surface area contributed by atoms with E-state index >= 15 is 0 Å². The Morgan fingerprint density at radius 3 is 2.54 bits per heavy atom. The van der Waals surface area contributed by atoms with Crippen LogP contribution in [-0.2, 0) is 11.2 Å². The van der Waals surface area contributed by atoms with Gasteiger partial charge < -0.3 is 5.73 Å². The van der Waals surface area contributed by atoms with Crippen LogP contribution < -0.4 is 10.6 Å². The standard InChI is InChI=1S/C9H11ClN2O/c10-12-8(9(11)13)6-7-4-2-1-3-5-7/h1-5,8,12H,6H2,(H2,11,13)/t8-/m0/s1. The average molecular weight is 199 g/mol. The highest BCUT2D eigenvalue weighted by molar-refractivity contribution is 6.15. The fraction of sp³-hybridized carbons (Fsp3) is 0.222. The summed E-state index contributed by atoms with van der Waals surface area (Å²) in [5, 5.41) is 0. The molecular formula is C9H11ClN2O. The van der Waals surface area contributed by atoms with Crippen molar-refractivity contribution in [2.75, 3.05) is 0 Å². The van der Waals surface area contributed by atoms with E-state index in [-0.39, 0.29) is 0 Å². The number of hydrogen-bond acceptors (Lipinski definition) is 2. The minimum Gasteiger partial charge on any atom is -0.368 e. The van der Waals surface area contributed by atoms with Crippen molar-refractivity contribution in [1.29, 1.82) is 0 Å². The van der Waals surface area contributed by atoms with Gasteiger partial charge in [-0.3, -0.25) is 4.79 Å². The third-order valence-electron chi connectivity index (χ3n) is 1.76. The molecule has 0 fully saturated rings. The van der Waals surface area contributed by atoms with Gasteiger partial charge in [0.1, 0.15) is 6.04 Å². The van der Waals surface area contributed by atoms with Crippen LogP contribution in [0.2, 0.25) is 0 Å². The molecule has 0 aliphatic rings. The van der Waals surface area contributed by atoms with Crippen molar-refractivity contribution >= 4 is 17.7 Å². The quantitative estimate of drug-likeness (QED) is 0.705. The van der Waals surface area contributed by atoms with Gasteiger partial charge >= 0.3 is 0 Å². The first-order valence-electron chi connectivity index (χ1n) is 3.93. The van der Waals surface area contributed by atoms with E-state index < -0.39 is 11.9 Å². The van der Waals surface area contributed by atoms with Gasteiger partial charge in [0.05, 0.1) is 0 Å². The van der Waals surface area contributed by atoms with Gasteiger partial charge in [0.25, 0.3) is 0 Å². The van der Waals surface area contributed by atoms with E-state index in [0.717, 1.165) is 5.56 Å². The fourth-order valence-electron chi connectivity index (χ4n) is 1.04. The summed E-state index contributed by atoms with van der Waals surface area (Å²) in [6.45, 7) is 0. The van der Waals surface area contributed by atoms with Gasteiger partial charge in [0.2, 0.25) is 5.91 Å². The Balaban J connectivity index is 2.62. The van der Waals surface area contributed by atoms with E-state index in [1.54, 1.807) is 0 Å². The lowest BCUT2D eigenvalue weighted by Crippen LogP contribution is -2.38. The van der Waals surface area contributed by atoms with E-state index in [0.29, 0.717) is 6.42 Å². The van der Waals surface area contributed by atoms with Crippen LogP contribution in [-0.4, -0.2) is 11.9 Å². The van der Waals surface area contributed by atoms with E-state index in [1.807, 2.05) is 30.3 Å². The zero-order chi connectivity index (χ0) is 9.68. The van der Waals surface area contributed by atoms with Crippen LogP contribution in [0.5, 0.6) is 0 Å². The lowest BCUT2D eigenvalue weighted by molar-refractivity contribution is -0.119.